The summed E-state index contributed by atoms with van der Waals surface area (Å²) in [6.07, 6.45) is 0. The van der Waals surface area contributed by atoms with E-state index in [1.165, 1.54) is 24.3 Å². The number of benzene rings is 2. The molecule has 2 amide bonds. The lowest BCUT2D eigenvalue weighted by molar-refractivity contribution is -0.123. The number of carbonyl (C=O) groups is 2. The molecule has 2 aromatic carbocycles. The molecule has 1 atom stereocenters. The Labute approximate surface area is 146 Å². The molecule has 0 aliphatic rings. The fourth-order valence-corrected chi connectivity index (χ4v) is 2.12. The first-order chi connectivity index (χ1) is 11.9. The number of amides is 2. The predicted molar refractivity (Wildman–Crippen MR) is 95.5 cm³/mol. The van der Waals surface area contributed by atoms with Crippen LogP contribution in [0.5, 0.6) is 0 Å². The van der Waals surface area contributed by atoms with Crippen molar-refractivity contribution in [2.45, 2.75) is 26.4 Å². The van der Waals surface area contributed by atoms with Crippen molar-refractivity contribution in [3.05, 3.63) is 65.5 Å². The highest BCUT2D eigenvalue weighted by Crippen LogP contribution is 2.11. The maximum Gasteiger partial charge on any atom is 0.255 e. The molecule has 4 N–H and O–H groups in total. The number of halogens is 1. The molecule has 0 aliphatic heterocycles. The first kappa shape index (κ1) is 18.6. The average molecular weight is 343 g/mol. The summed E-state index contributed by atoms with van der Waals surface area (Å²) in [6.45, 7) is 4.12. The zero-order valence-corrected chi connectivity index (χ0v) is 14.3. The molecule has 2 aromatic rings. The molecule has 0 heterocycles. The molecule has 0 saturated heterocycles. The molecular formula is C19H22FN3O2. The van der Waals surface area contributed by atoms with Crippen LogP contribution in [0.2, 0.25) is 0 Å². The standard InChI is InChI=1S/C19H22FN3O2/c1-12(2)17(21)19(25)22-11-13-3-5-14(6-4-13)18(24)23-16-9-7-15(20)8-10-16/h3-10,12,17H,11,21H2,1-2H3,(H,22,25)(H,23,24)/t17-/m0/s1. The second-order valence-electron chi connectivity index (χ2n) is 6.15. The molecule has 6 heteroatoms. The van der Waals surface area contributed by atoms with Crippen molar-refractivity contribution >= 4 is 17.5 Å². The van der Waals surface area contributed by atoms with Gasteiger partial charge >= 0.3 is 0 Å². The van der Waals surface area contributed by atoms with Crippen molar-refractivity contribution < 1.29 is 14.0 Å². The Morgan fingerprint density at radius 2 is 1.64 bits per heavy atom. The van der Waals surface area contributed by atoms with E-state index in [9.17, 15) is 14.0 Å². The first-order valence-electron chi connectivity index (χ1n) is 8.06. The maximum atomic E-state index is 12.9. The van der Waals surface area contributed by atoms with Crippen LogP contribution in [0.1, 0.15) is 29.8 Å². The Bertz CT molecular complexity index is 727. The molecule has 0 spiro atoms. The minimum atomic E-state index is -0.541. The zero-order valence-electron chi connectivity index (χ0n) is 14.3. The lowest BCUT2D eigenvalue weighted by Crippen LogP contribution is -2.43. The zero-order chi connectivity index (χ0) is 18.4. The van der Waals surface area contributed by atoms with E-state index < -0.39 is 6.04 Å². The normalized spacial score (nSPS) is 11.9. The molecule has 0 aromatic heterocycles. The minimum Gasteiger partial charge on any atom is -0.351 e. The van der Waals surface area contributed by atoms with Gasteiger partial charge in [-0.15, -0.1) is 0 Å². The number of rotatable bonds is 6. The van der Waals surface area contributed by atoms with E-state index in [0.717, 1.165) is 5.56 Å². The van der Waals surface area contributed by atoms with Gasteiger partial charge in [0.05, 0.1) is 6.04 Å². The van der Waals surface area contributed by atoms with Crippen molar-refractivity contribution in [3.63, 3.8) is 0 Å². The first-order valence-corrected chi connectivity index (χ1v) is 8.06. The average Bonchev–Trinajstić information content (AvgIpc) is 2.61. The molecule has 132 valence electrons. The summed E-state index contributed by atoms with van der Waals surface area (Å²) in [5.74, 6) is -0.781. The van der Waals surface area contributed by atoms with Gasteiger partial charge in [0.2, 0.25) is 5.91 Å². The van der Waals surface area contributed by atoms with Gasteiger partial charge in [-0.05, 0) is 47.9 Å². The second kappa shape index (κ2) is 8.39. The highest BCUT2D eigenvalue weighted by Gasteiger charge is 2.16. The predicted octanol–water partition coefficient (Wildman–Crippen LogP) is 2.68. The van der Waals surface area contributed by atoms with E-state index >= 15 is 0 Å². The van der Waals surface area contributed by atoms with Crippen molar-refractivity contribution in [2.24, 2.45) is 11.7 Å². The quantitative estimate of drug-likeness (QED) is 0.754. The molecule has 2 rings (SSSR count). The van der Waals surface area contributed by atoms with Crippen LogP contribution in [0.4, 0.5) is 10.1 Å². The van der Waals surface area contributed by atoms with Gasteiger partial charge in [0, 0.05) is 17.8 Å². The van der Waals surface area contributed by atoms with E-state index in [1.54, 1.807) is 24.3 Å². The summed E-state index contributed by atoms with van der Waals surface area (Å²) in [5.41, 5.74) is 7.64. The molecule has 0 saturated carbocycles. The van der Waals surface area contributed by atoms with E-state index in [1.807, 2.05) is 13.8 Å². The summed E-state index contributed by atoms with van der Waals surface area (Å²) in [6, 6.07) is 11.9. The SMILES string of the molecule is CC(C)[C@H](N)C(=O)NCc1ccc(C(=O)Nc2ccc(F)cc2)cc1. The van der Waals surface area contributed by atoms with Crippen molar-refractivity contribution in [1.29, 1.82) is 0 Å². The lowest BCUT2D eigenvalue weighted by Gasteiger charge is -2.15. The lowest BCUT2D eigenvalue weighted by atomic mass is 10.0. The minimum absolute atomic E-state index is 0.0672. The van der Waals surface area contributed by atoms with Gasteiger partial charge in [0.25, 0.3) is 5.91 Å². The molecule has 25 heavy (non-hydrogen) atoms. The number of anilines is 1. The summed E-state index contributed by atoms with van der Waals surface area (Å²) in [7, 11) is 0. The summed E-state index contributed by atoms with van der Waals surface area (Å²) < 4.78 is 12.9. The van der Waals surface area contributed by atoms with Gasteiger partial charge in [-0.3, -0.25) is 9.59 Å². The van der Waals surface area contributed by atoms with Crippen molar-refractivity contribution in [2.75, 3.05) is 5.32 Å². The van der Waals surface area contributed by atoms with E-state index in [4.69, 9.17) is 5.73 Å². The smallest absolute Gasteiger partial charge is 0.255 e. The Morgan fingerprint density at radius 3 is 2.20 bits per heavy atom. The largest absolute Gasteiger partial charge is 0.351 e. The number of nitrogens with one attached hydrogen (secondary N) is 2. The molecular weight excluding hydrogens is 321 g/mol. The monoisotopic (exact) mass is 343 g/mol. The van der Waals surface area contributed by atoms with Crippen LogP contribution in [0.15, 0.2) is 48.5 Å². The number of nitrogens with two attached hydrogens (primary N) is 1. The number of hydrogen-bond donors (Lipinski definition) is 3. The van der Waals surface area contributed by atoms with Crippen LogP contribution in [-0.2, 0) is 11.3 Å². The Kier molecular flexibility index (Phi) is 6.25. The van der Waals surface area contributed by atoms with Crippen LogP contribution >= 0.6 is 0 Å². The number of hydrogen-bond acceptors (Lipinski definition) is 3. The van der Waals surface area contributed by atoms with Crippen molar-refractivity contribution in [3.8, 4) is 0 Å². The van der Waals surface area contributed by atoms with Gasteiger partial charge in [0.1, 0.15) is 5.82 Å². The maximum absolute atomic E-state index is 12.9. The van der Waals surface area contributed by atoms with Gasteiger partial charge in [-0.1, -0.05) is 26.0 Å². The second-order valence-corrected chi connectivity index (χ2v) is 6.15. The third kappa shape index (κ3) is 5.39. The van der Waals surface area contributed by atoms with E-state index in [2.05, 4.69) is 10.6 Å². The van der Waals surface area contributed by atoms with Crippen LogP contribution in [0, 0.1) is 11.7 Å². The highest BCUT2D eigenvalue weighted by atomic mass is 19.1. The fourth-order valence-electron chi connectivity index (χ4n) is 2.12. The Hall–Kier alpha value is -2.73. The summed E-state index contributed by atoms with van der Waals surface area (Å²) >= 11 is 0. The molecule has 0 fully saturated rings. The van der Waals surface area contributed by atoms with Gasteiger partial charge in [0.15, 0.2) is 0 Å². The van der Waals surface area contributed by atoms with E-state index in [0.29, 0.717) is 17.8 Å². The molecule has 0 aliphatic carbocycles. The van der Waals surface area contributed by atoms with Gasteiger partial charge in [-0.2, -0.15) is 0 Å². The van der Waals surface area contributed by atoms with Crippen LogP contribution in [0.3, 0.4) is 0 Å². The fraction of sp³-hybridized carbons (Fsp3) is 0.263. The topological polar surface area (TPSA) is 84.2 Å². The van der Waals surface area contributed by atoms with Crippen molar-refractivity contribution in [1.82, 2.24) is 5.32 Å². The Morgan fingerprint density at radius 1 is 1.04 bits per heavy atom. The molecule has 0 bridgehead atoms. The van der Waals surface area contributed by atoms with Crippen LogP contribution in [0.25, 0.3) is 0 Å². The van der Waals surface area contributed by atoms with Crippen LogP contribution in [-0.4, -0.2) is 17.9 Å². The molecule has 0 unspecified atom stereocenters. The summed E-state index contributed by atoms with van der Waals surface area (Å²) in [5, 5.41) is 5.46. The van der Waals surface area contributed by atoms with E-state index in [-0.39, 0.29) is 23.5 Å². The third-order valence-electron chi connectivity index (χ3n) is 3.81. The number of carbonyl (C=O) groups excluding carboxylic acids is 2. The highest BCUT2D eigenvalue weighted by molar-refractivity contribution is 6.04. The van der Waals surface area contributed by atoms with Gasteiger partial charge < -0.3 is 16.4 Å². The molecule has 5 nitrogen and oxygen atoms in total. The van der Waals surface area contributed by atoms with Crippen LogP contribution < -0.4 is 16.4 Å². The Balaban J connectivity index is 1.91. The molecule has 0 radical (unpaired) electrons. The third-order valence-corrected chi connectivity index (χ3v) is 3.81. The summed E-state index contributed by atoms with van der Waals surface area (Å²) in [4.78, 5) is 24.0. The van der Waals surface area contributed by atoms with Gasteiger partial charge in [-0.25, -0.2) is 4.39 Å².